The van der Waals surface area contributed by atoms with E-state index in [0.29, 0.717) is 0 Å². The van der Waals surface area contributed by atoms with Gasteiger partial charge >= 0.3 is 0 Å². The van der Waals surface area contributed by atoms with Gasteiger partial charge in [-0.1, -0.05) is 26.7 Å². The molecule has 0 aromatic heterocycles. The van der Waals surface area contributed by atoms with Crippen LogP contribution in [0.4, 0.5) is 0 Å². The van der Waals surface area contributed by atoms with Crippen LogP contribution in [0, 0.1) is 5.92 Å². The van der Waals surface area contributed by atoms with E-state index >= 15 is 0 Å². The molecular weight excluding hydrogens is 184 g/mol. The molecule has 1 atom stereocenters. The van der Waals surface area contributed by atoms with Crippen molar-refractivity contribution in [2.24, 2.45) is 5.92 Å². The van der Waals surface area contributed by atoms with Gasteiger partial charge in [0, 0.05) is 19.1 Å². The van der Waals surface area contributed by atoms with Gasteiger partial charge in [0.15, 0.2) is 0 Å². The topological polar surface area (TPSA) is 15.3 Å². The van der Waals surface area contributed by atoms with E-state index < -0.39 is 0 Å². The maximum atomic E-state index is 3.59. The molecule has 0 aromatic rings. The van der Waals surface area contributed by atoms with Crippen molar-refractivity contribution in [3.05, 3.63) is 0 Å². The lowest BCUT2D eigenvalue weighted by molar-refractivity contribution is 0.265. The molecular formula is C13H28N2. The highest BCUT2D eigenvalue weighted by molar-refractivity contribution is 4.75. The molecule has 2 heteroatoms. The molecule has 0 aromatic carbocycles. The zero-order chi connectivity index (χ0) is 11.1. The average molecular weight is 212 g/mol. The minimum atomic E-state index is 0.819. The Labute approximate surface area is 95.4 Å². The molecule has 0 amide bonds. The van der Waals surface area contributed by atoms with Gasteiger partial charge in [-0.2, -0.15) is 0 Å². The van der Waals surface area contributed by atoms with Gasteiger partial charge < -0.3 is 5.32 Å². The summed E-state index contributed by atoms with van der Waals surface area (Å²) in [6, 6.07) is 0.819. The highest BCUT2D eigenvalue weighted by Crippen LogP contribution is 2.15. The zero-order valence-corrected chi connectivity index (χ0v) is 10.8. The van der Waals surface area contributed by atoms with Crippen LogP contribution in [0.15, 0.2) is 0 Å². The Kier molecular flexibility index (Phi) is 6.26. The van der Waals surface area contributed by atoms with Gasteiger partial charge in [-0.05, 0) is 38.8 Å². The van der Waals surface area contributed by atoms with Crippen LogP contribution in [0.1, 0.15) is 46.5 Å². The third kappa shape index (κ3) is 4.52. The van der Waals surface area contributed by atoms with Crippen LogP contribution in [0.25, 0.3) is 0 Å². The predicted molar refractivity (Wildman–Crippen MR) is 67.2 cm³/mol. The second-order valence-corrected chi connectivity index (χ2v) is 4.91. The monoisotopic (exact) mass is 212 g/mol. The van der Waals surface area contributed by atoms with E-state index in [-0.39, 0.29) is 0 Å². The number of nitrogens with one attached hydrogen (secondary N) is 1. The second-order valence-electron chi connectivity index (χ2n) is 4.91. The smallest absolute Gasteiger partial charge is 0.0110 e. The van der Waals surface area contributed by atoms with Gasteiger partial charge in [-0.15, -0.1) is 0 Å². The molecule has 1 N–H and O–H groups in total. The molecule has 1 aliphatic rings. The van der Waals surface area contributed by atoms with Gasteiger partial charge in [0.25, 0.3) is 0 Å². The minimum Gasteiger partial charge on any atom is -0.315 e. The molecule has 1 saturated heterocycles. The average Bonchev–Trinajstić information content (AvgIpc) is 2.65. The van der Waals surface area contributed by atoms with E-state index in [0.717, 1.165) is 12.0 Å². The van der Waals surface area contributed by atoms with Crippen LogP contribution in [-0.4, -0.2) is 37.1 Å². The quantitative estimate of drug-likeness (QED) is 0.652. The summed E-state index contributed by atoms with van der Waals surface area (Å²) in [5, 5.41) is 3.59. The number of nitrogens with zero attached hydrogens (tertiary/aromatic N) is 1. The van der Waals surface area contributed by atoms with Crippen molar-refractivity contribution in [2.75, 3.05) is 26.2 Å². The van der Waals surface area contributed by atoms with Gasteiger partial charge in [0.2, 0.25) is 0 Å². The van der Waals surface area contributed by atoms with E-state index in [1.807, 2.05) is 0 Å². The minimum absolute atomic E-state index is 0.819. The van der Waals surface area contributed by atoms with Crippen LogP contribution in [0.2, 0.25) is 0 Å². The first-order chi connectivity index (χ1) is 7.27. The molecule has 1 unspecified atom stereocenters. The Morgan fingerprint density at radius 2 is 2.07 bits per heavy atom. The van der Waals surface area contributed by atoms with Crippen molar-refractivity contribution in [3.8, 4) is 0 Å². The van der Waals surface area contributed by atoms with Crippen molar-refractivity contribution in [2.45, 2.75) is 52.5 Å². The second kappa shape index (κ2) is 7.24. The zero-order valence-electron chi connectivity index (χ0n) is 10.8. The molecule has 0 saturated carbocycles. The van der Waals surface area contributed by atoms with Crippen molar-refractivity contribution < 1.29 is 0 Å². The Bertz CT molecular complexity index is 155. The van der Waals surface area contributed by atoms with Crippen molar-refractivity contribution in [3.63, 3.8) is 0 Å². The highest BCUT2D eigenvalue weighted by atomic mass is 15.2. The summed E-state index contributed by atoms with van der Waals surface area (Å²) in [5.41, 5.74) is 0. The van der Waals surface area contributed by atoms with Gasteiger partial charge in [-0.3, -0.25) is 4.90 Å². The van der Waals surface area contributed by atoms with Crippen molar-refractivity contribution in [1.29, 1.82) is 0 Å². The van der Waals surface area contributed by atoms with E-state index in [9.17, 15) is 0 Å². The number of hydrogen-bond acceptors (Lipinski definition) is 2. The lowest BCUT2D eigenvalue weighted by Gasteiger charge is -2.21. The summed E-state index contributed by atoms with van der Waals surface area (Å²) in [5.74, 6) is 0.876. The third-order valence-electron chi connectivity index (χ3n) is 3.85. The fourth-order valence-electron chi connectivity index (χ4n) is 2.43. The summed E-state index contributed by atoms with van der Waals surface area (Å²) in [6.07, 6.45) is 5.41. The summed E-state index contributed by atoms with van der Waals surface area (Å²) in [7, 11) is 0. The lowest BCUT2D eigenvalue weighted by Crippen LogP contribution is -2.35. The molecule has 1 rings (SSSR count). The fraction of sp³-hybridized carbons (Fsp3) is 1.00. The van der Waals surface area contributed by atoms with Gasteiger partial charge in [0.1, 0.15) is 0 Å². The van der Waals surface area contributed by atoms with Crippen LogP contribution in [-0.2, 0) is 0 Å². The molecule has 90 valence electrons. The normalized spacial score (nSPS) is 22.8. The Morgan fingerprint density at radius 1 is 1.33 bits per heavy atom. The highest BCUT2D eigenvalue weighted by Gasteiger charge is 2.18. The summed E-state index contributed by atoms with van der Waals surface area (Å²) in [6.45, 7) is 11.9. The SMILES string of the molecule is CCC(CC)CNCCN1CCCC1C. The fourth-order valence-corrected chi connectivity index (χ4v) is 2.43. The lowest BCUT2D eigenvalue weighted by atomic mass is 10.0. The van der Waals surface area contributed by atoms with Crippen LogP contribution in [0.5, 0.6) is 0 Å². The van der Waals surface area contributed by atoms with Crippen LogP contribution < -0.4 is 5.32 Å². The number of rotatable bonds is 7. The van der Waals surface area contributed by atoms with Crippen molar-refractivity contribution >= 4 is 0 Å². The molecule has 1 aliphatic heterocycles. The first-order valence-corrected chi connectivity index (χ1v) is 6.72. The molecule has 0 radical (unpaired) electrons. The third-order valence-corrected chi connectivity index (χ3v) is 3.85. The van der Waals surface area contributed by atoms with E-state index in [1.54, 1.807) is 0 Å². The Hall–Kier alpha value is -0.0800. The predicted octanol–water partition coefficient (Wildman–Crippen LogP) is 2.50. The van der Waals surface area contributed by atoms with Gasteiger partial charge in [-0.25, -0.2) is 0 Å². The largest absolute Gasteiger partial charge is 0.315 e. The number of likely N-dealkylation sites (tertiary alicyclic amines) is 1. The Balaban J connectivity index is 2.01. The first kappa shape index (κ1) is 13.0. The molecule has 1 fully saturated rings. The van der Waals surface area contributed by atoms with Crippen LogP contribution in [0.3, 0.4) is 0 Å². The molecule has 0 aliphatic carbocycles. The summed E-state index contributed by atoms with van der Waals surface area (Å²) < 4.78 is 0. The molecule has 15 heavy (non-hydrogen) atoms. The van der Waals surface area contributed by atoms with E-state index in [1.165, 1.54) is 51.9 Å². The van der Waals surface area contributed by atoms with E-state index in [4.69, 9.17) is 0 Å². The molecule has 0 spiro atoms. The van der Waals surface area contributed by atoms with Crippen LogP contribution >= 0.6 is 0 Å². The van der Waals surface area contributed by atoms with Crippen molar-refractivity contribution in [1.82, 2.24) is 10.2 Å². The Morgan fingerprint density at radius 3 is 2.60 bits per heavy atom. The van der Waals surface area contributed by atoms with E-state index in [2.05, 4.69) is 31.0 Å². The maximum Gasteiger partial charge on any atom is 0.0110 e. The molecule has 1 heterocycles. The van der Waals surface area contributed by atoms with Gasteiger partial charge in [0.05, 0.1) is 0 Å². The number of hydrogen-bond donors (Lipinski definition) is 1. The summed E-state index contributed by atoms with van der Waals surface area (Å²) >= 11 is 0. The molecule has 2 nitrogen and oxygen atoms in total. The standard InChI is InChI=1S/C13H28N2/c1-4-13(5-2)11-14-8-10-15-9-6-7-12(15)3/h12-14H,4-11H2,1-3H3. The maximum absolute atomic E-state index is 3.59. The summed E-state index contributed by atoms with van der Waals surface area (Å²) in [4.78, 5) is 2.61. The molecule has 0 bridgehead atoms. The first-order valence-electron chi connectivity index (χ1n) is 6.72.